The second-order valence-corrected chi connectivity index (χ2v) is 6.82. The van der Waals surface area contributed by atoms with Crippen LogP contribution in [0.4, 0.5) is 5.82 Å². The van der Waals surface area contributed by atoms with E-state index in [-0.39, 0.29) is 0 Å². The summed E-state index contributed by atoms with van der Waals surface area (Å²) in [6.45, 7) is 3.02. The Morgan fingerprint density at radius 2 is 2.25 bits per heavy atom. The molecule has 1 aliphatic heterocycles. The molecule has 20 heavy (non-hydrogen) atoms. The molecule has 0 atom stereocenters. The van der Waals surface area contributed by atoms with Crippen LogP contribution in [-0.2, 0) is 6.54 Å². The summed E-state index contributed by atoms with van der Waals surface area (Å²) in [4.78, 5) is 11.1. The smallest absolute Gasteiger partial charge is 0.150 e. The Balaban J connectivity index is 1.47. The summed E-state index contributed by atoms with van der Waals surface area (Å²) in [5.74, 6) is 1.70. The lowest BCUT2D eigenvalue weighted by molar-refractivity contribution is 0.341. The molecule has 0 amide bonds. The molecule has 3 aromatic heterocycles. The number of halogens is 1. The Labute approximate surface area is 128 Å². The molecule has 0 radical (unpaired) electrons. The van der Waals surface area contributed by atoms with Gasteiger partial charge in [-0.05, 0) is 27.4 Å². The van der Waals surface area contributed by atoms with Crippen LogP contribution in [0.25, 0.3) is 10.2 Å². The van der Waals surface area contributed by atoms with E-state index in [9.17, 15) is 0 Å². The number of fused-ring (bicyclic) bond motifs is 1. The summed E-state index contributed by atoms with van der Waals surface area (Å²) in [7, 11) is 0. The molecule has 0 unspecified atom stereocenters. The fourth-order valence-electron chi connectivity index (χ4n) is 2.56. The van der Waals surface area contributed by atoms with E-state index in [1.807, 2.05) is 23.1 Å². The average molecular weight is 350 g/mol. The van der Waals surface area contributed by atoms with Crippen LogP contribution in [0.2, 0.25) is 0 Å². The number of rotatable bonds is 3. The van der Waals surface area contributed by atoms with Gasteiger partial charge in [-0.25, -0.2) is 9.97 Å². The molecule has 3 aromatic rings. The van der Waals surface area contributed by atoms with Crippen molar-refractivity contribution in [2.24, 2.45) is 5.92 Å². The van der Waals surface area contributed by atoms with E-state index >= 15 is 0 Å². The minimum atomic E-state index is 0.631. The van der Waals surface area contributed by atoms with Crippen molar-refractivity contribution in [1.82, 2.24) is 19.7 Å². The van der Waals surface area contributed by atoms with Crippen molar-refractivity contribution in [1.29, 1.82) is 0 Å². The van der Waals surface area contributed by atoms with Gasteiger partial charge in [-0.15, -0.1) is 11.3 Å². The number of thiophene rings is 1. The average Bonchev–Trinajstić information content (AvgIpc) is 3.01. The minimum absolute atomic E-state index is 0.631. The maximum Gasteiger partial charge on any atom is 0.150 e. The third kappa shape index (κ3) is 2.10. The van der Waals surface area contributed by atoms with Gasteiger partial charge < -0.3 is 4.90 Å². The summed E-state index contributed by atoms with van der Waals surface area (Å²) >= 11 is 5.13. The molecule has 5 nitrogen and oxygen atoms in total. The first-order valence-corrected chi connectivity index (χ1v) is 8.08. The summed E-state index contributed by atoms with van der Waals surface area (Å²) < 4.78 is 4.21. The van der Waals surface area contributed by atoms with Crippen molar-refractivity contribution < 1.29 is 0 Å². The summed E-state index contributed by atoms with van der Waals surface area (Å²) in [6, 6.07) is 2.05. The minimum Gasteiger partial charge on any atom is -0.354 e. The highest BCUT2D eigenvalue weighted by atomic mass is 79.9. The zero-order chi connectivity index (χ0) is 13.5. The van der Waals surface area contributed by atoms with Crippen LogP contribution in [0.15, 0.2) is 34.6 Å². The number of nitrogens with zero attached hydrogens (tertiary/aromatic N) is 5. The molecule has 0 N–H and O–H groups in total. The van der Waals surface area contributed by atoms with Crippen LogP contribution >= 0.6 is 27.3 Å². The van der Waals surface area contributed by atoms with Crippen LogP contribution in [0.1, 0.15) is 0 Å². The zero-order valence-corrected chi connectivity index (χ0v) is 13.0. The molecule has 0 aromatic carbocycles. The second-order valence-electron chi connectivity index (χ2n) is 4.98. The first-order chi connectivity index (χ1) is 9.79. The van der Waals surface area contributed by atoms with Crippen molar-refractivity contribution in [2.75, 3.05) is 18.0 Å². The van der Waals surface area contributed by atoms with E-state index < -0.39 is 0 Å². The largest absolute Gasteiger partial charge is 0.354 e. The molecule has 7 heteroatoms. The predicted octanol–water partition coefficient (Wildman–Crippen LogP) is 2.79. The van der Waals surface area contributed by atoms with Crippen molar-refractivity contribution in [2.45, 2.75) is 6.54 Å². The van der Waals surface area contributed by atoms with Gasteiger partial charge in [0.25, 0.3) is 0 Å². The number of hydrogen-bond donors (Lipinski definition) is 0. The zero-order valence-electron chi connectivity index (χ0n) is 10.6. The molecular weight excluding hydrogens is 338 g/mol. The quantitative estimate of drug-likeness (QED) is 0.729. The van der Waals surface area contributed by atoms with Gasteiger partial charge in [0.2, 0.25) is 0 Å². The van der Waals surface area contributed by atoms with Gasteiger partial charge in [0.1, 0.15) is 12.1 Å². The SMILES string of the molecule is Brc1cnn(CC2CN(c3ncnc4ccsc34)C2)c1. The van der Waals surface area contributed by atoms with Gasteiger partial charge in [-0.2, -0.15) is 5.10 Å². The molecule has 4 rings (SSSR count). The van der Waals surface area contributed by atoms with E-state index in [1.54, 1.807) is 17.7 Å². The maximum absolute atomic E-state index is 4.44. The lowest BCUT2D eigenvalue weighted by Gasteiger charge is -2.40. The van der Waals surface area contributed by atoms with Gasteiger partial charge in [-0.3, -0.25) is 4.68 Å². The highest BCUT2D eigenvalue weighted by molar-refractivity contribution is 9.10. The molecule has 0 aliphatic carbocycles. The normalized spacial score (nSPS) is 15.8. The molecule has 0 bridgehead atoms. The van der Waals surface area contributed by atoms with E-state index in [4.69, 9.17) is 0 Å². The van der Waals surface area contributed by atoms with Crippen LogP contribution in [0, 0.1) is 5.92 Å². The third-order valence-corrected chi connectivity index (χ3v) is 4.84. The fraction of sp³-hybridized carbons (Fsp3) is 0.308. The van der Waals surface area contributed by atoms with Crippen LogP contribution < -0.4 is 4.90 Å². The lowest BCUT2D eigenvalue weighted by atomic mass is 10.0. The van der Waals surface area contributed by atoms with Crippen molar-refractivity contribution in [3.05, 3.63) is 34.6 Å². The number of hydrogen-bond acceptors (Lipinski definition) is 5. The topological polar surface area (TPSA) is 46.8 Å². The van der Waals surface area contributed by atoms with Gasteiger partial charge in [0, 0.05) is 31.7 Å². The first kappa shape index (κ1) is 12.3. The van der Waals surface area contributed by atoms with Crippen molar-refractivity contribution in [3.63, 3.8) is 0 Å². The molecular formula is C13H12BrN5S. The molecule has 1 saturated heterocycles. The monoisotopic (exact) mass is 349 g/mol. The van der Waals surface area contributed by atoms with Crippen LogP contribution in [-0.4, -0.2) is 32.8 Å². The second kappa shape index (κ2) is 4.82. The molecule has 1 aliphatic rings. The Morgan fingerprint density at radius 3 is 3.05 bits per heavy atom. The standard InChI is InChI=1S/C13H12BrN5S/c14-10-3-17-19(7-10)6-9-4-18(5-9)13-12-11(1-2-20-12)15-8-16-13/h1-3,7-9H,4-6H2. The number of aromatic nitrogens is 4. The van der Waals surface area contributed by atoms with Gasteiger partial charge in [0.05, 0.1) is 20.9 Å². The summed E-state index contributed by atoms with van der Waals surface area (Å²) in [5.41, 5.74) is 1.04. The van der Waals surface area contributed by atoms with Gasteiger partial charge in [-0.1, -0.05) is 0 Å². The van der Waals surface area contributed by atoms with E-state index in [2.05, 4.69) is 41.3 Å². The third-order valence-electron chi connectivity index (χ3n) is 3.53. The highest BCUT2D eigenvalue weighted by Gasteiger charge is 2.29. The predicted molar refractivity (Wildman–Crippen MR) is 83.0 cm³/mol. The molecule has 0 saturated carbocycles. The summed E-state index contributed by atoms with van der Waals surface area (Å²) in [5, 5.41) is 6.38. The van der Waals surface area contributed by atoms with Gasteiger partial charge >= 0.3 is 0 Å². The van der Waals surface area contributed by atoms with E-state index in [0.29, 0.717) is 5.92 Å². The van der Waals surface area contributed by atoms with Gasteiger partial charge in [0.15, 0.2) is 0 Å². The summed E-state index contributed by atoms with van der Waals surface area (Å²) in [6.07, 6.45) is 5.50. The molecule has 1 fully saturated rings. The fourth-order valence-corrected chi connectivity index (χ4v) is 3.75. The molecule has 102 valence electrons. The first-order valence-electron chi connectivity index (χ1n) is 6.41. The molecule has 0 spiro atoms. The highest BCUT2D eigenvalue weighted by Crippen LogP contribution is 2.32. The Hall–Kier alpha value is -1.47. The molecule has 4 heterocycles. The Bertz CT molecular complexity index is 746. The van der Waals surface area contributed by atoms with Crippen molar-refractivity contribution >= 4 is 43.3 Å². The van der Waals surface area contributed by atoms with E-state index in [1.165, 1.54) is 4.70 Å². The van der Waals surface area contributed by atoms with Crippen LogP contribution in [0.3, 0.4) is 0 Å². The maximum atomic E-state index is 4.44. The van der Waals surface area contributed by atoms with Crippen LogP contribution in [0.5, 0.6) is 0 Å². The Morgan fingerprint density at radius 1 is 1.35 bits per heavy atom. The van der Waals surface area contributed by atoms with E-state index in [0.717, 1.165) is 35.4 Å². The lowest BCUT2D eigenvalue weighted by Crippen LogP contribution is -2.49. The van der Waals surface area contributed by atoms with Crippen molar-refractivity contribution in [3.8, 4) is 0 Å². The number of anilines is 1. The Kier molecular flexibility index (Phi) is 2.96.